The summed E-state index contributed by atoms with van der Waals surface area (Å²) in [6.07, 6.45) is 5.60. The molecule has 1 N–H and O–H groups in total. The Bertz CT molecular complexity index is 410. The number of alkyl halides is 2. The van der Waals surface area contributed by atoms with Gasteiger partial charge in [0.25, 0.3) is 0 Å². The molecule has 0 bridgehead atoms. The molecule has 0 saturated heterocycles. The van der Waals surface area contributed by atoms with Crippen molar-refractivity contribution in [3.8, 4) is 5.75 Å². The smallest absolute Gasteiger partial charge is 0.387 e. The van der Waals surface area contributed by atoms with E-state index >= 15 is 0 Å². The maximum Gasteiger partial charge on any atom is 0.387 e. The van der Waals surface area contributed by atoms with Gasteiger partial charge in [-0.05, 0) is 31.1 Å². The second kappa shape index (κ2) is 6.23. The van der Waals surface area contributed by atoms with Gasteiger partial charge in [0.05, 0.1) is 18.5 Å². The van der Waals surface area contributed by atoms with Gasteiger partial charge in [-0.15, -0.1) is 0 Å². The fraction of sp³-hybridized carbons (Fsp3) is 0.385. The van der Waals surface area contributed by atoms with Crippen LogP contribution in [0, 0.1) is 0 Å². The van der Waals surface area contributed by atoms with Crippen molar-refractivity contribution < 1.29 is 18.3 Å². The number of para-hydroxylation sites is 2. The van der Waals surface area contributed by atoms with E-state index in [1.807, 2.05) is 6.08 Å². The average molecular weight is 255 g/mol. The fourth-order valence-corrected chi connectivity index (χ4v) is 1.77. The lowest BCUT2D eigenvalue weighted by molar-refractivity contribution is -0.0493. The first-order chi connectivity index (χ1) is 8.75. The molecule has 3 nitrogen and oxygen atoms in total. The molecule has 18 heavy (non-hydrogen) atoms. The van der Waals surface area contributed by atoms with Crippen molar-refractivity contribution in [2.75, 3.05) is 11.9 Å². The van der Waals surface area contributed by atoms with Crippen molar-refractivity contribution in [1.82, 2.24) is 0 Å². The van der Waals surface area contributed by atoms with Crippen LogP contribution in [0.2, 0.25) is 0 Å². The molecule has 1 atom stereocenters. The third-order valence-corrected chi connectivity index (χ3v) is 2.65. The Balaban J connectivity index is 1.93. The molecule has 1 aromatic rings. The molecular weight excluding hydrogens is 240 g/mol. The molecule has 98 valence electrons. The molecule has 1 heterocycles. The lowest BCUT2D eigenvalue weighted by Gasteiger charge is -2.21. The van der Waals surface area contributed by atoms with Crippen molar-refractivity contribution in [1.29, 1.82) is 0 Å². The highest BCUT2D eigenvalue weighted by atomic mass is 19.3. The monoisotopic (exact) mass is 255 g/mol. The zero-order valence-corrected chi connectivity index (χ0v) is 9.81. The summed E-state index contributed by atoms with van der Waals surface area (Å²) in [5.74, 6) is 0.152. The van der Waals surface area contributed by atoms with Gasteiger partial charge in [0.1, 0.15) is 11.9 Å². The van der Waals surface area contributed by atoms with E-state index in [2.05, 4.69) is 10.1 Å². The summed E-state index contributed by atoms with van der Waals surface area (Å²) in [4.78, 5) is 0. The number of halogens is 2. The molecule has 0 spiro atoms. The summed E-state index contributed by atoms with van der Waals surface area (Å²) in [5.41, 5.74) is 0.552. The van der Waals surface area contributed by atoms with Crippen LogP contribution < -0.4 is 10.1 Å². The molecular formula is C13H15F2NO2. The summed E-state index contributed by atoms with van der Waals surface area (Å²) in [6, 6.07) is 6.64. The summed E-state index contributed by atoms with van der Waals surface area (Å²) >= 11 is 0. The Morgan fingerprint density at radius 1 is 1.39 bits per heavy atom. The van der Waals surface area contributed by atoms with E-state index in [-0.39, 0.29) is 11.9 Å². The first kappa shape index (κ1) is 12.7. The molecule has 0 fully saturated rings. The maximum absolute atomic E-state index is 12.2. The van der Waals surface area contributed by atoms with Gasteiger partial charge in [0, 0.05) is 0 Å². The van der Waals surface area contributed by atoms with Crippen molar-refractivity contribution in [2.45, 2.75) is 25.6 Å². The highest BCUT2D eigenvalue weighted by molar-refractivity contribution is 5.56. The zero-order valence-electron chi connectivity index (χ0n) is 9.81. The predicted molar refractivity (Wildman–Crippen MR) is 64.8 cm³/mol. The number of hydrogen-bond donors (Lipinski definition) is 1. The summed E-state index contributed by atoms with van der Waals surface area (Å²) < 4.78 is 34.2. The third kappa shape index (κ3) is 3.61. The first-order valence-electron chi connectivity index (χ1n) is 5.84. The molecule has 0 amide bonds. The topological polar surface area (TPSA) is 30.5 Å². The zero-order chi connectivity index (χ0) is 12.8. The quantitative estimate of drug-likeness (QED) is 0.874. The number of allylic oxidation sites excluding steroid dienone is 1. The lowest BCUT2D eigenvalue weighted by Crippen LogP contribution is -2.23. The minimum atomic E-state index is -2.82. The van der Waals surface area contributed by atoms with Gasteiger partial charge < -0.3 is 14.8 Å². The number of anilines is 1. The Kier molecular flexibility index (Phi) is 4.39. The van der Waals surface area contributed by atoms with Crippen LogP contribution in [0.25, 0.3) is 0 Å². The van der Waals surface area contributed by atoms with Gasteiger partial charge in [-0.1, -0.05) is 12.1 Å². The summed E-state index contributed by atoms with van der Waals surface area (Å²) in [6.45, 7) is -2.25. The third-order valence-electron chi connectivity index (χ3n) is 2.65. The fourth-order valence-electron chi connectivity index (χ4n) is 1.77. The molecule has 0 radical (unpaired) electrons. The lowest BCUT2D eigenvalue weighted by atomic mass is 10.1. The van der Waals surface area contributed by atoms with Crippen molar-refractivity contribution in [2.24, 2.45) is 0 Å². The van der Waals surface area contributed by atoms with Crippen LogP contribution >= 0.6 is 0 Å². The van der Waals surface area contributed by atoms with E-state index in [0.29, 0.717) is 12.2 Å². The molecule has 1 unspecified atom stereocenters. The van der Waals surface area contributed by atoms with E-state index in [1.54, 1.807) is 24.5 Å². The molecule has 1 aromatic carbocycles. The number of hydrogen-bond acceptors (Lipinski definition) is 3. The van der Waals surface area contributed by atoms with Crippen molar-refractivity contribution >= 4 is 5.69 Å². The standard InChI is InChI=1S/C13H15F2NO2/c14-13(15)18-12-7-2-1-6-11(12)16-9-10-5-3-4-8-17-10/h1-2,4,6-8,10,13,16H,3,5,9H2. The van der Waals surface area contributed by atoms with Gasteiger partial charge >= 0.3 is 6.61 Å². The molecule has 2 rings (SSSR count). The number of rotatable bonds is 5. The van der Waals surface area contributed by atoms with Crippen LogP contribution in [0.1, 0.15) is 12.8 Å². The second-order valence-corrected chi connectivity index (χ2v) is 3.96. The van der Waals surface area contributed by atoms with E-state index < -0.39 is 6.61 Å². The molecule has 1 aliphatic rings. The Morgan fingerprint density at radius 2 is 2.22 bits per heavy atom. The molecule has 0 saturated carbocycles. The predicted octanol–water partition coefficient (Wildman–Crippen LogP) is 3.39. The number of benzene rings is 1. The van der Waals surface area contributed by atoms with Crippen LogP contribution in [0.15, 0.2) is 36.6 Å². The highest BCUT2D eigenvalue weighted by Crippen LogP contribution is 2.25. The normalized spacial score (nSPS) is 18.5. The number of ether oxygens (including phenoxy) is 2. The van der Waals surface area contributed by atoms with Gasteiger partial charge in [-0.25, -0.2) is 0 Å². The van der Waals surface area contributed by atoms with E-state index in [0.717, 1.165) is 12.8 Å². The molecule has 5 heteroatoms. The average Bonchev–Trinajstić information content (AvgIpc) is 2.38. The second-order valence-electron chi connectivity index (χ2n) is 3.96. The SMILES string of the molecule is FC(F)Oc1ccccc1NCC1CCC=CO1. The van der Waals surface area contributed by atoms with Gasteiger partial charge in [-0.3, -0.25) is 0 Å². The van der Waals surface area contributed by atoms with E-state index in [4.69, 9.17) is 4.74 Å². The van der Waals surface area contributed by atoms with Crippen LogP contribution in [0.5, 0.6) is 5.75 Å². The van der Waals surface area contributed by atoms with Crippen molar-refractivity contribution in [3.05, 3.63) is 36.6 Å². The largest absolute Gasteiger partial charge is 0.497 e. The number of nitrogens with one attached hydrogen (secondary N) is 1. The van der Waals surface area contributed by atoms with E-state index in [1.165, 1.54) is 6.07 Å². The van der Waals surface area contributed by atoms with E-state index in [9.17, 15) is 8.78 Å². The minimum Gasteiger partial charge on any atom is -0.497 e. The highest BCUT2D eigenvalue weighted by Gasteiger charge is 2.13. The molecule has 0 aromatic heterocycles. The Hall–Kier alpha value is -1.78. The van der Waals surface area contributed by atoms with Crippen LogP contribution in [-0.2, 0) is 4.74 Å². The first-order valence-corrected chi connectivity index (χ1v) is 5.84. The van der Waals surface area contributed by atoms with Gasteiger partial charge in [-0.2, -0.15) is 8.78 Å². The van der Waals surface area contributed by atoms with Gasteiger partial charge in [0.2, 0.25) is 0 Å². The van der Waals surface area contributed by atoms with Gasteiger partial charge in [0.15, 0.2) is 0 Å². The van der Waals surface area contributed by atoms with Crippen LogP contribution in [0.3, 0.4) is 0 Å². The minimum absolute atomic E-state index is 0.0645. The van der Waals surface area contributed by atoms with Crippen LogP contribution in [0.4, 0.5) is 14.5 Å². The van der Waals surface area contributed by atoms with Crippen molar-refractivity contribution in [3.63, 3.8) is 0 Å². The maximum atomic E-state index is 12.2. The Labute approximate surface area is 104 Å². The summed E-state index contributed by atoms with van der Waals surface area (Å²) in [5, 5.41) is 3.07. The summed E-state index contributed by atoms with van der Waals surface area (Å²) in [7, 11) is 0. The molecule has 1 aliphatic heterocycles. The molecule has 0 aliphatic carbocycles. The Morgan fingerprint density at radius 3 is 2.94 bits per heavy atom. The van der Waals surface area contributed by atoms with Crippen LogP contribution in [-0.4, -0.2) is 19.3 Å².